The molecule has 0 radical (unpaired) electrons. The van der Waals surface area contributed by atoms with Gasteiger partial charge in [-0.2, -0.15) is 4.72 Å². The van der Waals surface area contributed by atoms with Crippen molar-refractivity contribution in [2.24, 2.45) is 0 Å². The Hall–Kier alpha value is -2.86. The highest BCUT2D eigenvalue weighted by molar-refractivity contribution is 7.88. The molecule has 2 unspecified atom stereocenters. The van der Waals surface area contributed by atoms with Crippen molar-refractivity contribution in [3.05, 3.63) is 71.8 Å². The van der Waals surface area contributed by atoms with Gasteiger partial charge in [-0.25, -0.2) is 13.2 Å². The summed E-state index contributed by atoms with van der Waals surface area (Å²) in [6, 6.07) is 19.3. The van der Waals surface area contributed by atoms with Crippen molar-refractivity contribution in [1.29, 1.82) is 0 Å². The number of aliphatic hydroxyl groups is 1. The number of carbonyl (C=O) groups excluding carboxylic acids is 1. The maximum absolute atomic E-state index is 12.4. The van der Waals surface area contributed by atoms with Gasteiger partial charge in [0.2, 0.25) is 10.0 Å². The highest BCUT2D eigenvalue weighted by atomic mass is 32.2. The van der Waals surface area contributed by atoms with E-state index in [1.165, 1.54) is 0 Å². The van der Waals surface area contributed by atoms with Crippen molar-refractivity contribution in [1.82, 2.24) is 9.62 Å². The van der Waals surface area contributed by atoms with Gasteiger partial charge in [0.25, 0.3) is 0 Å². The summed E-state index contributed by atoms with van der Waals surface area (Å²) >= 11 is 0. The Bertz CT molecular complexity index is 1120. The number of nitrogens with zero attached hydrogens (tertiary/aromatic N) is 1. The van der Waals surface area contributed by atoms with E-state index >= 15 is 0 Å². The van der Waals surface area contributed by atoms with Crippen LogP contribution in [-0.4, -0.2) is 54.6 Å². The monoisotopic (exact) mass is 514 g/mol. The summed E-state index contributed by atoms with van der Waals surface area (Å²) in [6.07, 6.45) is 1.54. The van der Waals surface area contributed by atoms with E-state index in [1.807, 2.05) is 67.6 Å². The van der Waals surface area contributed by atoms with Crippen molar-refractivity contribution in [3.8, 4) is 11.8 Å². The predicted octanol–water partition coefficient (Wildman–Crippen LogP) is 4.49. The fourth-order valence-electron chi connectivity index (χ4n) is 3.82. The first kappa shape index (κ1) is 29.4. The molecule has 2 atom stereocenters. The van der Waals surface area contributed by atoms with E-state index in [4.69, 9.17) is 4.74 Å². The van der Waals surface area contributed by atoms with E-state index < -0.39 is 21.2 Å². The van der Waals surface area contributed by atoms with Crippen LogP contribution in [0.5, 0.6) is 0 Å². The molecule has 1 heterocycles. The quantitative estimate of drug-likeness (QED) is 0.554. The minimum Gasteiger partial charge on any atom is -0.446 e. The van der Waals surface area contributed by atoms with Gasteiger partial charge in [0.15, 0.2) is 0 Å². The Morgan fingerprint density at radius 1 is 1.08 bits per heavy atom. The molecule has 1 saturated heterocycles. The maximum Gasteiger partial charge on any atom is 0.410 e. The van der Waals surface area contributed by atoms with Crippen molar-refractivity contribution >= 4 is 16.1 Å². The topological polar surface area (TPSA) is 95.9 Å². The van der Waals surface area contributed by atoms with Crippen molar-refractivity contribution < 1.29 is 23.1 Å². The van der Waals surface area contributed by atoms with Gasteiger partial charge in [-0.05, 0) is 52.3 Å². The molecule has 0 saturated carbocycles. The Kier molecular flexibility index (Phi) is 10.1. The molecule has 1 fully saturated rings. The third-order valence-corrected chi connectivity index (χ3v) is 6.29. The first-order valence-electron chi connectivity index (χ1n) is 12.0. The van der Waals surface area contributed by atoms with Crippen LogP contribution in [0.3, 0.4) is 0 Å². The SMILES string of the molecule is CC(c1ccc(C#CC(C)(C)NS(C)(=O)=O)cc1)N1CCC(CC(C)(C)O)OC1=O.c1ccccc1. The molecule has 2 aromatic rings. The molecule has 0 aliphatic carbocycles. The molecule has 0 spiro atoms. The maximum atomic E-state index is 12.4. The smallest absolute Gasteiger partial charge is 0.410 e. The molecule has 36 heavy (non-hydrogen) atoms. The molecule has 2 aromatic carbocycles. The summed E-state index contributed by atoms with van der Waals surface area (Å²) in [5.41, 5.74) is -0.0506. The van der Waals surface area contributed by atoms with Crippen molar-refractivity contribution in [2.75, 3.05) is 12.8 Å². The lowest BCUT2D eigenvalue weighted by molar-refractivity contribution is -0.0309. The summed E-state index contributed by atoms with van der Waals surface area (Å²) in [5, 5.41) is 9.94. The molecule has 8 heteroatoms. The molecule has 3 rings (SSSR count). The summed E-state index contributed by atoms with van der Waals surface area (Å²) in [5.74, 6) is 5.91. The summed E-state index contributed by atoms with van der Waals surface area (Å²) in [4.78, 5) is 14.1. The molecule has 0 bridgehead atoms. The molecule has 1 amide bonds. The fourth-order valence-corrected chi connectivity index (χ4v) is 4.80. The van der Waals surface area contributed by atoms with Gasteiger partial charge in [0, 0.05) is 24.9 Å². The molecule has 7 nitrogen and oxygen atoms in total. The highest BCUT2D eigenvalue weighted by Gasteiger charge is 2.33. The Morgan fingerprint density at radius 2 is 1.61 bits per heavy atom. The van der Waals surface area contributed by atoms with E-state index in [1.54, 1.807) is 32.6 Å². The van der Waals surface area contributed by atoms with Crippen LogP contribution < -0.4 is 4.72 Å². The fraction of sp³-hybridized carbons (Fsp3) is 0.464. The van der Waals surface area contributed by atoms with Crippen LogP contribution in [0.2, 0.25) is 0 Å². The number of cyclic esters (lactones) is 1. The van der Waals surface area contributed by atoms with Crippen LogP contribution in [0.4, 0.5) is 4.79 Å². The first-order valence-corrected chi connectivity index (χ1v) is 13.9. The third kappa shape index (κ3) is 10.8. The third-order valence-electron chi connectivity index (χ3n) is 5.41. The van der Waals surface area contributed by atoms with E-state index in [2.05, 4.69) is 16.6 Å². The van der Waals surface area contributed by atoms with Crippen LogP contribution in [0.15, 0.2) is 60.7 Å². The standard InChI is InChI=1S/C22H32N2O5S.C6H6/c1-16(24-14-12-19(29-20(24)25)15-22(4,5)26)18-9-7-17(8-10-18)11-13-21(2,3)23-30(6,27)28;1-2-4-6-5-3-1/h7-10,16,19,23,26H,12,14-15H2,1-6H3;1-6H. The van der Waals surface area contributed by atoms with E-state index in [9.17, 15) is 18.3 Å². The average Bonchev–Trinajstić information content (AvgIpc) is 2.77. The molecule has 0 aromatic heterocycles. The zero-order valence-corrected chi connectivity index (χ0v) is 22.8. The minimum absolute atomic E-state index is 0.161. The summed E-state index contributed by atoms with van der Waals surface area (Å²) < 4.78 is 30.8. The Labute approximate surface area is 215 Å². The van der Waals surface area contributed by atoms with Crippen molar-refractivity contribution in [2.45, 2.75) is 70.7 Å². The first-order chi connectivity index (χ1) is 16.7. The number of nitrogens with one attached hydrogen (secondary N) is 1. The van der Waals surface area contributed by atoms with Crippen LogP contribution in [-0.2, 0) is 14.8 Å². The summed E-state index contributed by atoms with van der Waals surface area (Å²) in [6.45, 7) is 9.32. The van der Waals surface area contributed by atoms with Gasteiger partial charge in [-0.1, -0.05) is 60.4 Å². The van der Waals surface area contributed by atoms with Crippen LogP contribution >= 0.6 is 0 Å². The molecule has 1 aliphatic rings. The van der Waals surface area contributed by atoms with Gasteiger partial charge in [-0.15, -0.1) is 0 Å². The normalized spacial score (nSPS) is 17.1. The zero-order chi connectivity index (χ0) is 27.0. The number of hydrogen-bond donors (Lipinski definition) is 2. The molecule has 196 valence electrons. The molecular weight excluding hydrogens is 476 g/mol. The van der Waals surface area contributed by atoms with Gasteiger partial charge in [0.1, 0.15) is 6.10 Å². The lowest BCUT2D eigenvalue weighted by Gasteiger charge is -2.37. The van der Waals surface area contributed by atoms with E-state index in [0.717, 1.165) is 17.4 Å². The molecular formula is C28H38N2O5S. The van der Waals surface area contributed by atoms with E-state index in [-0.39, 0.29) is 18.2 Å². The second kappa shape index (κ2) is 12.4. The summed E-state index contributed by atoms with van der Waals surface area (Å²) in [7, 11) is -3.35. The van der Waals surface area contributed by atoms with Gasteiger partial charge >= 0.3 is 6.09 Å². The Morgan fingerprint density at radius 3 is 2.06 bits per heavy atom. The van der Waals surface area contributed by atoms with Gasteiger partial charge in [0.05, 0.1) is 23.4 Å². The number of ether oxygens (including phenoxy) is 1. The Balaban J connectivity index is 0.000000662. The predicted molar refractivity (Wildman–Crippen MR) is 143 cm³/mol. The number of rotatable bonds is 6. The van der Waals surface area contributed by atoms with Crippen LogP contribution in [0, 0.1) is 11.8 Å². The van der Waals surface area contributed by atoms with E-state index in [0.29, 0.717) is 19.4 Å². The number of benzene rings is 2. The second-order valence-electron chi connectivity index (χ2n) is 10.2. The average molecular weight is 515 g/mol. The number of amides is 1. The number of carbonyl (C=O) groups is 1. The van der Waals surface area contributed by atoms with Crippen LogP contribution in [0.1, 0.15) is 64.6 Å². The highest BCUT2D eigenvalue weighted by Crippen LogP contribution is 2.28. The van der Waals surface area contributed by atoms with Crippen LogP contribution in [0.25, 0.3) is 0 Å². The largest absolute Gasteiger partial charge is 0.446 e. The number of hydrogen-bond acceptors (Lipinski definition) is 5. The zero-order valence-electron chi connectivity index (χ0n) is 22.0. The van der Waals surface area contributed by atoms with Crippen molar-refractivity contribution in [3.63, 3.8) is 0 Å². The minimum atomic E-state index is -3.35. The second-order valence-corrected chi connectivity index (χ2v) is 12.0. The lowest BCUT2D eigenvalue weighted by Crippen LogP contribution is -2.45. The van der Waals surface area contributed by atoms with Gasteiger partial charge < -0.3 is 14.7 Å². The molecule has 2 N–H and O–H groups in total. The van der Waals surface area contributed by atoms with Gasteiger partial charge in [-0.3, -0.25) is 0 Å². The molecule has 1 aliphatic heterocycles. The number of sulfonamides is 1. The lowest BCUT2D eigenvalue weighted by atomic mass is 9.97.